The van der Waals surface area contributed by atoms with Crippen LogP contribution in [-0.4, -0.2) is 5.78 Å². The van der Waals surface area contributed by atoms with Gasteiger partial charge in [-0.05, 0) is 23.1 Å². The minimum Gasteiger partial charge on any atom is -0.289 e. The van der Waals surface area contributed by atoms with E-state index in [1.807, 2.05) is 84.3 Å². The van der Waals surface area contributed by atoms with Crippen LogP contribution >= 0.6 is 11.3 Å². The molecule has 1 nitrogen and oxygen atoms in total. The standard InChI is InChI=1S/C19H14OS/c20-19(16-10-5-2-6-11-16)17(18-12-7-13-21-18)14-15-8-3-1-4-9-15/h1-14H. The zero-order valence-corrected chi connectivity index (χ0v) is 12.2. The summed E-state index contributed by atoms with van der Waals surface area (Å²) in [5.41, 5.74) is 2.49. The molecule has 3 rings (SSSR count). The summed E-state index contributed by atoms with van der Waals surface area (Å²) in [6.45, 7) is 0. The van der Waals surface area contributed by atoms with Crippen LogP contribution in [0.15, 0.2) is 78.2 Å². The van der Waals surface area contributed by atoms with Crippen LogP contribution in [0, 0.1) is 0 Å². The molecular weight excluding hydrogens is 276 g/mol. The first-order chi connectivity index (χ1) is 10.3. The highest BCUT2D eigenvalue weighted by Crippen LogP contribution is 2.26. The van der Waals surface area contributed by atoms with Crippen molar-refractivity contribution in [2.24, 2.45) is 0 Å². The smallest absolute Gasteiger partial charge is 0.194 e. The quantitative estimate of drug-likeness (QED) is 0.478. The van der Waals surface area contributed by atoms with E-state index in [1.54, 1.807) is 11.3 Å². The minimum atomic E-state index is 0.0573. The van der Waals surface area contributed by atoms with Gasteiger partial charge in [-0.25, -0.2) is 0 Å². The normalized spacial score (nSPS) is 11.3. The maximum absolute atomic E-state index is 12.8. The molecule has 0 atom stereocenters. The third-order valence-corrected chi connectivity index (χ3v) is 4.08. The summed E-state index contributed by atoms with van der Waals surface area (Å²) in [5, 5.41) is 1.99. The van der Waals surface area contributed by atoms with Crippen LogP contribution in [0.1, 0.15) is 20.8 Å². The van der Waals surface area contributed by atoms with Crippen molar-refractivity contribution in [3.05, 3.63) is 94.2 Å². The molecule has 0 saturated carbocycles. The molecule has 2 heteroatoms. The fourth-order valence-electron chi connectivity index (χ4n) is 2.14. The summed E-state index contributed by atoms with van der Waals surface area (Å²) >= 11 is 1.58. The molecule has 0 radical (unpaired) electrons. The summed E-state index contributed by atoms with van der Waals surface area (Å²) in [5.74, 6) is 0.0573. The SMILES string of the molecule is O=C(C(=Cc1ccccc1)c1cccs1)c1ccccc1. The number of carbonyl (C=O) groups excluding carboxylic acids is 1. The number of Topliss-reactive ketones (excluding diaryl/α,β-unsaturated/α-hetero) is 1. The highest BCUT2D eigenvalue weighted by Gasteiger charge is 2.15. The Morgan fingerprint density at radius 1 is 0.810 bits per heavy atom. The van der Waals surface area contributed by atoms with Crippen LogP contribution < -0.4 is 0 Å². The van der Waals surface area contributed by atoms with Gasteiger partial charge in [-0.15, -0.1) is 11.3 Å². The number of hydrogen-bond donors (Lipinski definition) is 0. The van der Waals surface area contributed by atoms with Crippen molar-refractivity contribution < 1.29 is 4.79 Å². The number of allylic oxidation sites excluding steroid dienone is 1. The molecule has 0 aliphatic heterocycles. The molecule has 0 spiro atoms. The molecular formula is C19H14OS. The van der Waals surface area contributed by atoms with Crippen LogP contribution in [0.5, 0.6) is 0 Å². The Hall–Kier alpha value is -2.45. The van der Waals surface area contributed by atoms with Crippen LogP contribution in [0.4, 0.5) is 0 Å². The Morgan fingerprint density at radius 2 is 1.48 bits per heavy atom. The zero-order chi connectivity index (χ0) is 14.5. The van der Waals surface area contributed by atoms with Crippen LogP contribution in [0.2, 0.25) is 0 Å². The molecule has 2 aromatic carbocycles. The van der Waals surface area contributed by atoms with Crippen molar-refractivity contribution in [3.8, 4) is 0 Å². The second-order valence-electron chi connectivity index (χ2n) is 4.64. The van der Waals surface area contributed by atoms with Gasteiger partial charge < -0.3 is 0 Å². The van der Waals surface area contributed by atoms with Gasteiger partial charge >= 0.3 is 0 Å². The third-order valence-electron chi connectivity index (χ3n) is 3.18. The molecule has 0 aliphatic carbocycles. The molecule has 0 unspecified atom stereocenters. The fraction of sp³-hybridized carbons (Fsp3) is 0. The molecule has 3 aromatic rings. The largest absolute Gasteiger partial charge is 0.289 e. The first-order valence-electron chi connectivity index (χ1n) is 6.75. The van der Waals surface area contributed by atoms with Gasteiger partial charge in [0, 0.05) is 16.0 Å². The molecule has 0 saturated heterocycles. The first kappa shape index (κ1) is 13.5. The van der Waals surface area contributed by atoms with Crippen molar-refractivity contribution in [2.75, 3.05) is 0 Å². The highest BCUT2D eigenvalue weighted by atomic mass is 32.1. The lowest BCUT2D eigenvalue weighted by Crippen LogP contribution is -2.01. The van der Waals surface area contributed by atoms with Crippen LogP contribution in [0.25, 0.3) is 11.6 Å². The van der Waals surface area contributed by atoms with E-state index in [-0.39, 0.29) is 5.78 Å². The predicted molar refractivity (Wildman–Crippen MR) is 89.4 cm³/mol. The average molecular weight is 290 g/mol. The monoisotopic (exact) mass is 290 g/mol. The summed E-state index contributed by atoms with van der Waals surface area (Å²) in [7, 11) is 0. The van der Waals surface area contributed by atoms with Crippen molar-refractivity contribution in [1.29, 1.82) is 0 Å². The number of thiophene rings is 1. The summed E-state index contributed by atoms with van der Waals surface area (Å²) in [6.07, 6.45) is 1.96. The van der Waals surface area contributed by atoms with Gasteiger partial charge in [0.15, 0.2) is 5.78 Å². The van der Waals surface area contributed by atoms with Gasteiger partial charge in [0.25, 0.3) is 0 Å². The van der Waals surface area contributed by atoms with E-state index in [2.05, 4.69) is 0 Å². The lowest BCUT2D eigenvalue weighted by atomic mass is 10.00. The molecule has 1 heterocycles. The van der Waals surface area contributed by atoms with Crippen molar-refractivity contribution in [3.63, 3.8) is 0 Å². The second kappa shape index (κ2) is 6.33. The Morgan fingerprint density at radius 3 is 2.10 bits per heavy atom. The number of carbonyl (C=O) groups is 1. The van der Waals surface area contributed by atoms with E-state index in [9.17, 15) is 4.79 Å². The molecule has 0 fully saturated rings. The van der Waals surface area contributed by atoms with E-state index in [1.165, 1.54) is 0 Å². The Labute approximate surface area is 128 Å². The Bertz CT molecular complexity index is 741. The molecule has 0 aliphatic rings. The van der Waals surface area contributed by atoms with Gasteiger partial charge in [-0.1, -0.05) is 66.7 Å². The van der Waals surface area contributed by atoms with Gasteiger partial charge in [0.05, 0.1) is 0 Å². The lowest BCUT2D eigenvalue weighted by molar-refractivity contribution is 0.105. The summed E-state index contributed by atoms with van der Waals surface area (Å²) in [6, 6.07) is 23.3. The van der Waals surface area contributed by atoms with Crippen molar-refractivity contribution in [1.82, 2.24) is 0 Å². The van der Waals surface area contributed by atoms with Crippen molar-refractivity contribution >= 4 is 28.8 Å². The average Bonchev–Trinajstić information content (AvgIpc) is 3.08. The van der Waals surface area contributed by atoms with E-state index >= 15 is 0 Å². The summed E-state index contributed by atoms with van der Waals surface area (Å²) in [4.78, 5) is 13.8. The lowest BCUT2D eigenvalue weighted by Gasteiger charge is -2.05. The summed E-state index contributed by atoms with van der Waals surface area (Å²) < 4.78 is 0. The van der Waals surface area contributed by atoms with Crippen molar-refractivity contribution in [2.45, 2.75) is 0 Å². The van der Waals surface area contributed by atoms with Gasteiger partial charge in [0.2, 0.25) is 0 Å². The van der Waals surface area contributed by atoms with Gasteiger partial charge in [-0.3, -0.25) is 4.79 Å². The maximum atomic E-state index is 12.8. The molecule has 102 valence electrons. The van der Waals surface area contributed by atoms with Crippen LogP contribution in [0.3, 0.4) is 0 Å². The Balaban J connectivity index is 2.06. The van der Waals surface area contributed by atoms with Gasteiger partial charge in [-0.2, -0.15) is 0 Å². The zero-order valence-electron chi connectivity index (χ0n) is 11.4. The number of benzene rings is 2. The fourth-order valence-corrected chi connectivity index (χ4v) is 2.88. The second-order valence-corrected chi connectivity index (χ2v) is 5.59. The minimum absolute atomic E-state index is 0.0573. The number of rotatable bonds is 4. The topological polar surface area (TPSA) is 17.1 Å². The van der Waals surface area contributed by atoms with E-state index in [0.29, 0.717) is 5.56 Å². The van der Waals surface area contributed by atoms with E-state index in [4.69, 9.17) is 0 Å². The predicted octanol–water partition coefficient (Wildman–Crippen LogP) is 5.17. The molecule has 0 amide bonds. The molecule has 1 aromatic heterocycles. The molecule has 21 heavy (non-hydrogen) atoms. The van der Waals surface area contributed by atoms with E-state index in [0.717, 1.165) is 16.0 Å². The maximum Gasteiger partial charge on any atom is 0.194 e. The third kappa shape index (κ3) is 3.18. The van der Waals surface area contributed by atoms with Gasteiger partial charge in [0.1, 0.15) is 0 Å². The number of ketones is 1. The first-order valence-corrected chi connectivity index (χ1v) is 7.63. The molecule has 0 N–H and O–H groups in total. The van der Waals surface area contributed by atoms with E-state index < -0.39 is 0 Å². The highest BCUT2D eigenvalue weighted by molar-refractivity contribution is 7.11. The Kier molecular flexibility index (Phi) is 4.08. The molecule has 0 bridgehead atoms. The van der Waals surface area contributed by atoms with Crippen LogP contribution in [-0.2, 0) is 0 Å². The number of hydrogen-bond acceptors (Lipinski definition) is 2.